The van der Waals surface area contributed by atoms with Gasteiger partial charge in [0.2, 0.25) is 0 Å². The van der Waals surface area contributed by atoms with Crippen molar-refractivity contribution in [3.63, 3.8) is 0 Å². The molecule has 1 aliphatic heterocycles. The van der Waals surface area contributed by atoms with Crippen molar-refractivity contribution in [3.8, 4) is 11.3 Å². The molecular weight excluding hydrogens is 488 g/mol. The number of anilines is 2. The van der Waals surface area contributed by atoms with E-state index in [1.165, 1.54) is 0 Å². The molecule has 1 fully saturated rings. The smallest absolute Gasteiger partial charge is 0.261 e. The topological polar surface area (TPSA) is 102 Å². The van der Waals surface area contributed by atoms with E-state index in [1.54, 1.807) is 28.8 Å². The number of morpholine rings is 1. The molecule has 3 aromatic carbocycles. The van der Waals surface area contributed by atoms with E-state index in [9.17, 15) is 8.42 Å². The van der Waals surface area contributed by atoms with E-state index in [4.69, 9.17) is 9.84 Å². The van der Waals surface area contributed by atoms with Crippen LogP contribution in [0.4, 0.5) is 11.4 Å². The Morgan fingerprint density at radius 3 is 2.38 bits per heavy atom. The molecule has 0 bridgehead atoms. The number of nitrogens with one attached hydrogen (secondary N) is 1. The summed E-state index contributed by atoms with van der Waals surface area (Å²) in [6, 6.07) is 20.5. The molecule has 0 aliphatic carbocycles. The van der Waals surface area contributed by atoms with Gasteiger partial charge in [0, 0.05) is 29.4 Å². The fourth-order valence-corrected chi connectivity index (χ4v) is 5.73. The molecule has 6 rings (SSSR count). The molecule has 0 saturated carbocycles. The third-order valence-electron chi connectivity index (χ3n) is 6.62. The Kier molecular flexibility index (Phi) is 5.77. The summed E-state index contributed by atoms with van der Waals surface area (Å²) in [7, 11) is -3.82. The maximum absolute atomic E-state index is 13.4. The number of ether oxygens (including phenoxy) is 1. The largest absolute Gasteiger partial charge is 0.378 e. The number of aryl methyl sites for hydroxylation is 2. The highest BCUT2D eigenvalue weighted by molar-refractivity contribution is 7.92. The van der Waals surface area contributed by atoms with Gasteiger partial charge in [-0.2, -0.15) is 9.61 Å². The molecule has 5 aromatic rings. The summed E-state index contributed by atoms with van der Waals surface area (Å²) in [6.45, 7) is 6.30. The van der Waals surface area contributed by atoms with Gasteiger partial charge in [-0.25, -0.2) is 8.42 Å². The number of rotatable bonds is 5. The first-order valence-corrected chi connectivity index (χ1v) is 13.6. The van der Waals surface area contributed by atoms with Crippen molar-refractivity contribution in [2.45, 2.75) is 18.7 Å². The molecule has 1 aliphatic rings. The molecule has 0 amide bonds. The lowest BCUT2D eigenvalue weighted by atomic mass is 10.0. The van der Waals surface area contributed by atoms with Crippen molar-refractivity contribution in [3.05, 3.63) is 78.1 Å². The van der Waals surface area contributed by atoms with Crippen LogP contribution in [0, 0.1) is 13.8 Å². The molecule has 10 heteroatoms. The molecule has 1 N–H and O–H groups in total. The highest BCUT2D eigenvalue weighted by Crippen LogP contribution is 2.36. The lowest BCUT2D eigenvalue weighted by Gasteiger charge is -2.31. The molecule has 1 saturated heterocycles. The summed E-state index contributed by atoms with van der Waals surface area (Å²) in [5, 5.41) is 15.2. The Bertz CT molecular complexity index is 1730. The average molecular weight is 515 g/mol. The number of sulfonamides is 1. The zero-order chi connectivity index (χ0) is 25.6. The Morgan fingerprint density at radius 2 is 1.62 bits per heavy atom. The monoisotopic (exact) mass is 514 g/mol. The molecule has 3 heterocycles. The minimum atomic E-state index is -3.82. The van der Waals surface area contributed by atoms with E-state index in [1.807, 2.05) is 56.3 Å². The fraction of sp³-hybridized carbons (Fsp3) is 0.222. The van der Waals surface area contributed by atoms with Crippen molar-refractivity contribution in [2.75, 3.05) is 35.9 Å². The SMILES string of the molecule is Cc1ccc(S(=O)(=O)Nc2cc(-c3nn4c(C)nnc4c4ccccc34)ccc2N2CCOCC2)cc1. The second kappa shape index (κ2) is 9.13. The van der Waals surface area contributed by atoms with Crippen molar-refractivity contribution in [1.82, 2.24) is 19.8 Å². The van der Waals surface area contributed by atoms with E-state index in [2.05, 4.69) is 19.8 Å². The number of hydrogen-bond acceptors (Lipinski definition) is 7. The van der Waals surface area contributed by atoms with Crippen LogP contribution in [-0.4, -0.2) is 54.5 Å². The van der Waals surface area contributed by atoms with Gasteiger partial charge in [0.05, 0.1) is 35.2 Å². The highest BCUT2D eigenvalue weighted by Gasteiger charge is 2.22. The second-order valence-electron chi connectivity index (χ2n) is 9.13. The van der Waals surface area contributed by atoms with Crippen LogP contribution < -0.4 is 9.62 Å². The maximum Gasteiger partial charge on any atom is 0.261 e. The van der Waals surface area contributed by atoms with E-state index in [0.29, 0.717) is 43.5 Å². The Labute approximate surface area is 214 Å². The molecular formula is C27H26N6O3S. The molecule has 0 spiro atoms. The molecule has 2 aromatic heterocycles. The molecule has 37 heavy (non-hydrogen) atoms. The molecule has 0 atom stereocenters. The third-order valence-corrected chi connectivity index (χ3v) is 8.00. The maximum atomic E-state index is 13.4. The second-order valence-corrected chi connectivity index (χ2v) is 10.8. The first kappa shape index (κ1) is 23.4. The van der Waals surface area contributed by atoms with Gasteiger partial charge in [0.1, 0.15) is 0 Å². The van der Waals surface area contributed by atoms with Crippen molar-refractivity contribution in [1.29, 1.82) is 0 Å². The summed E-state index contributed by atoms with van der Waals surface area (Å²) in [6.07, 6.45) is 0. The van der Waals surface area contributed by atoms with Gasteiger partial charge in [0.25, 0.3) is 10.0 Å². The van der Waals surface area contributed by atoms with Crippen LogP contribution in [0.25, 0.3) is 27.7 Å². The fourth-order valence-electron chi connectivity index (χ4n) is 4.66. The number of nitrogens with zero attached hydrogens (tertiary/aromatic N) is 5. The van der Waals surface area contributed by atoms with Gasteiger partial charge < -0.3 is 9.64 Å². The van der Waals surface area contributed by atoms with Gasteiger partial charge in [-0.1, -0.05) is 48.0 Å². The van der Waals surface area contributed by atoms with Crippen LogP contribution in [0.15, 0.2) is 71.6 Å². The molecule has 9 nitrogen and oxygen atoms in total. The Balaban J connectivity index is 1.52. The van der Waals surface area contributed by atoms with Crippen LogP contribution in [0.2, 0.25) is 0 Å². The predicted octanol–water partition coefficient (Wildman–Crippen LogP) is 4.20. The summed E-state index contributed by atoms with van der Waals surface area (Å²) < 4.78 is 36.9. The van der Waals surface area contributed by atoms with Crippen LogP contribution in [0.3, 0.4) is 0 Å². The Morgan fingerprint density at radius 1 is 0.892 bits per heavy atom. The van der Waals surface area contributed by atoms with Crippen molar-refractivity contribution >= 4 is 37.8 Å². The van der Waals surface area contributed by atoms with Gasteiger partial charge in [0.15, 0.2) is 11.5 Å². The molecule has 0 radical (unpaired) electrons. The van der Waals surface area contributed by atoms with Gasteiger partial charge >= 0.3 is 0 Å². The van der Waals surface area contributed by atoms with E-state index in [-0.39, 0.29) is 4.90 Å². The number of benzene rings is 3. The normalized spacial score (nSPS) is 14.4. The summed E-state index contributed by atoms with van der Waals surface area (Å²) >= 11 is 0. The summed E-state index contributed by atoms with van der Waals surface area (Å²) in [5.41, 5.74) is 4.47. The standard InChI is InChI=1S/C27H26N6O3S/c1-18-7-10-21(11-8-18)37(34,35)31-24-17-20(9-12-25(24)32-13-15-36-16-14-32)26-22-5-3-4-6-23(22)27-29-28-19(2)33(27)30-26/h3-12,17,31H,13-16H2,1-2H3. The summed E-state index contributed by atoms with van der Waals surface area (Å²) in [4.78, 5) is 2.35. The zero-order valence-electron chi connectivity index (χ0n) is 20.5. The number of aromatic nitrogens is 4. The van der Waals surface area contributed by atoms with Gasteiger partial charge in [-0.05, 0) is 38.1 Å². The van der Waals surface area contributed by atoms with Crippen LogP contribution >= 0.6 is 0 Å². The zero-order valence-corrected chi connectivity index (χ0v) is 21.4. The average Bonchev–Trinajstić information content (AvgIpc) is 3.29. The summed E-state index contributed by atoms with van der Waals surface area (Å²) in [5.74, 6) is 0.673. The van der Waals surface area contributed by atoms with Crippen molar-refractivity contribution in [2.24, 2.45) is 0 Å². The van der Waals surface area contributed by atoms with Gasteiger partial charge in [-0.3, -0.25) is 4.72 Å². The van der Waals surface area contributed by atoms with E-state index >= 15 is 0 Å². The number of fused-ring (bicyclic) bond motifs is 3. The number of hydrogen-bond donors (Lipinski definition) is 1. The molecule has 188 valence electrons. The van der Waals surface area contributed by atoms with Crippen LogP contribution in [0.5, 0.6) is 0 Å². The molecule has 0 unspecified atom stereocenters. The third kappa shape index (κ3) is 4.28. The minimum Gasteiger partial charge on any atom is -0.378 e. The predicted molar refractivity (Wildman–Crippen MR) is 143 cm³/mol. The quantitative estimate of drug-likeness (QED) is 0.375. The van der Waals surface area contributed by atoms with E-state index in [0.717, 1.165) is 33.3 Å². The highest BCUT2D eigenvalue weighted by atomic mass is 32.2. The van der Waals surface area contributed by atoms with E-state index < -0.39 is 10.0 Å². The first-order chi connectivity index (χ1) is 17.9. The van der Waals surface area contributed by atoms with Crippen molar-refractivity contribution < 1.29 is 13.2 Å². The Hall–Kier alpha value is -4.02. The van der Waals surface area contributed by atoms with Crippen LogP contribution in [0.1, 0.15) is 11.4 Å². The van der Waals surface area contributed by atoms with Crippen LogP contribution in [-0.2, 0) is 14.8 Å². The minimum absolute atomic E-state index is 0.210. The van der Waals surface area contributed by atoms with Gasteiger partial charge in [-0.15, -0.1) is 10.2 Å². The lowest BCUT2D eigenvalue weighted by Crippen LogP contribution is -2.36. The lowest BCUT2D eigenvalue weighted by molar-refractivity contribution is 0.123. The first-order valence-electron chi connectivity index (χ1n) is 12.1.